The van der Waals surface area contributed by atoms with E-state index in [1.54, 1.807) is 0 Å². The molecular weight excluding hydrogens is 494 g/mol. The van der Waals surface area contributed by atoms with E-state index < -0.39 is 28.4 Å². The van der Waals surface area contributed by atoms with Crippen LogP contribution in [0.5, 0.6) is 0 Å². The first-order valence-electron chi connectivity index (χ1n) is 13.0. The van der Waals surface area contributed by atoms with Gasteiger partial charge in [-0.05, 0) is 0 Å². The fraction of sp³-hybridized carbons (Fsp3) is 1.00. The Morgan fingerprint density at radius 2 is 0.882 bits per heavy atom. The first-order valence-corrected chi connectivity index (χ1v) is 17.8. The molecule has 0 N–H and O–H groups in total. The predicted octanol–water partition coefficient (Wildman–Crippen LogP) is 9.50. The van der Waals surface area contributed by atoms with Gasteiger partial charge in [0.25, 0.3) is 0 Å². The van der Waals surface area contributed by atoms with Gasteiger partial charge in [0, 0.05) is 0 Å². The fourth-order valence-corrected chi connectivity index (χ4v) is 10.8. The third kappa shape index (κ3) is 12.8. The van der Waals surface area contributed by atoms with E-state index in [0.29, 0.717) is 12.8 Å². The van der Waals surface area contributed by atoms with Gasteiger partial charge < -0.3 is 0 Å². The minimum atomic E-state index is -6.22. The summed E-state index contributed by atoms with van der Waals surface area (Å²) in [6.45, 7) is 3.47. The van der Waals surface area contributed by atoms with Crippen molar-refractivity contribution in [3.05, 3.63) is 0 Å². The molecule has 10 heteroatoms. The van der Waals surface area contributed by atoms with Crippen LogP contribution in [0, 0.1) is 0 Å². The van der Waals surface area contributed by atoms with Crippen molar-refractivity contribution in [2.75, 3.05) is 25.7 Å². The zero-order valence-corrected chi connectivity index (χ0v) is 23.4. The number of rotatable bonds is 21. The van der Waals surface area contributed by atoms with E-state index in [1.165, 1.54) is 26.2 Å². The maximum absolute atomic E-state index is 13.8. The molecule has 0 heterocycles. The summed E-state index contributed by atoms with van der Waals surface area (Å²) in [6.07, 6.45) is 10.0. The molecule has 0 aromatic rings. The van der Waals surface area contributed by atoms with Crippen LogP contribution >= 0.6 is 6.83 Å². The molecule has 0 aliphatic heterocycles. The Bertz CT molecular complexity index is 627. The number of unbranched alkanes of at least 4 members (excludes halogenated alkanes) is 14. The third-order valence-electron chi connectivity index (χ3n) is 6.41. The van der Waals surface area contributed by atoms with Gasteiger partial charge in [-0.3, -0.25) is 0 Å². The number of alkyl halides is 5. The van der Waals surface area contributed by atoms with Crippen LogP contribution in [0.1, 0.15) is 117 Å². The van der Waals surface area contributed by atoms with Gasteiger partial charge in [0.15, 0.2) is 0 Å². The van der Waals surface area contributed by atoms with Gasteiger partial charge in [-0.2, -0.15) is 0 Å². The van der Waals surface area contributed by atoms with Crippen molar-refractivity contribution in [2.24, 2.45) is 0 Å². The summed E-state index contributed by atoms with van der Waals surface area (Å²) in [5.74, 6) is 0. The van der Waals surface area contributed by atoms with Gasteiger partial charge in [-0.25, -0.2) is 0 Å². The molecule has 0 aromatic heterocycles. The summed E-state index contributed by atoms with van der Waals surface area (Å²) in [6, 6.07) is 0. The van der Waals surface area contributed by atoms with Crippen LogP contribution in [0.4, 0.5) is 22.0 Å². The molecule has 0 atom stereocenters. The van der Waals surface area contributed by atoms with Gasteiger partial charge in [0.2, 0.25) is 0 Å². The van der Waals surface area contributed by atoms with Gasteiger partial charge in [0.1, 0.15) is 0 Å². The molecule has 0 aliphatic carbocycles. The Labute approximate surface area is 205 Å². The second kappa shape index (κ2) is 15.3. The Balaban J connectivity index is 5.09. The van der Waals surface area contributed by atoms with Crippen LogP contribution < -0.4 is 0 Å². The van der Waals surface area contributed by atoms with Gasteiger partial charge >= 0.3 is 205 Å². The topological polar surface area (TPSA) is 43.4 Å². The Morgan fingerprint density at radius 1 is 0.588 bits per heavy atom. The van der Waals surface area contributed by atoms with Crippen LogP contribution in [0.15, 0.2) is 0 Å². The van der Waals surface area contributed by atoms with Gasteiger partial charge in [-0.15, -0.1) is 0 Å². The SMILES string of the molecule is CCCCCCCCCCP(C)(C)(CCCCCCCCCC)OS(=O)(=O)C(F)(F)C(F)(F)F. The fourth-order valence-electron chi connectivity index (χ4n) is 4.19. The molecule has 0 aromatic carbocycles. The molecule has 0 spiro atoms. The van der Waals surface area contributed by atoms with Gasteiger partial charge in [0.05, 0.1) is 0 Å². The molecule has 0 bridgehead atoms. The van der Waals surface area contributed by atoms with Crippen molar-refractivity contribution in [1.29, 1.82) is 0 Å². The second-order valence-corrected chi connectivity index (χ2v) is 18.5. The van der Waals surface area contributed by atoms with Crippen LogP contribution in [0.25, 0.3) is 0 Å². The van der Waals surface area contributed by atoms with Crippen molar-refractivity contribution in [1.82, 2.24) is 0 Å². The molecule has 208 valence electrons. The molecule has 0 unspecified atom stereocenters. The van der Waals surface area contributed by atoms with Gasteiger partial charge in [-0.1, -0.05) is 0 Å². The summed E-state index contributed by atoms with van der Waals surface area (Å²) in [5.41, 5.74) is 0. The van der Waals surface area contributed by atoms with E-state index in [4.69, 9.17) is 3.97 Å². The zero-order valence-electron chi connectivity index (χ0n) is 21.7. The molecule has 0 fully saturated rings. The van der Waals surface area contributed by atoms with Crippen LogP contribution in [0.3, 0.4) is 0 Å². The molecule has 0 aliphatic rings. The average molecular weight is 543 g/mol. The second-order valence-electron chi connectivity index (χ2n) is 10.5. The Morgan fingerprint density at radius 3 is 1.18 bits per heavy atom. The van der Waals surface area contributed by atoms with Crippen molar-refractivity contribution in [3.63, 3.8) is 0 Å². The molecule has 3 nitrogen and oxygen atoms in total. The molecule has 0 rings (SSSR count). The first kappa shape index (κ1) is 34.0. The molecule has 0 radical (unpaired) electrons. The third-order valence-corrected chi connectivity index (χ3v) is 13.5. The normalized spacial score (nSPS) is 14.8. The number of hydrogen-bond acceptors (Lipinski definition) is 3. The first-order chi connectivity index (χ1) is 15.6. The predicted molar refractivity (Wildman–Crippen MR) is 135 cm³/mol. The maximum atomic E-state index is 13.8. The van der Waals surface area contributed by atoms with E-state index in [9.17, 15) is 30.4 Å². The molecule has 0 amide bonds. The minimum absolute atomic E-state index is 0.226. The molecule has 0 saturated carbocycles. The Hall–Kier alpha value is -0.0100. The standard InChI is InChI=1S/C24H48F5O3PS/c1-5-7-9-11-13-15-17-19-21-33(3,4,22-20-18-16-14-12-10-8-6-2)32-34(30,31)24(28,29)23(25,26)27/h5-22H2,1-4H3. The Kier molecular flexibility index (Phi) is 15.3. The van der Waals surface area contributed by atoms with Crippen LogP contribution in [0.2, 0.25) is 0 Å². The number of hydrogen-bond donors (Lipinski definition) is 0. The van der Waals surface area contributed by atoms with E-state index >= 15 is 0 Å². The molecular formula is C24H48F5O3PS. The summed E-state index contributed by atoms with van der Waals surface area (Å²) < 4.78 is 95.1. The van der Waals surface area contributed by atoms with Crippen LogP contribution in [-0.2, 0) is 14.1 Å². The monoisotopic (exact) mass is 542 g/mol. The zero-order chi connectivity index (χ0) is 26.4. The van der Waals surface area contributed by atoms with Crippen LogP contribution in [-0.4, -0.2) is 45.5 Å². The summed E-state index contributed by atoms with van der Waals surface area (Å²) >= 11 is 0. The average Bonchev–Trinajstić information content (AvgIpc) is 2.70. The molecule has 34 heavy (non-hydrogen) atoms. The summed E-state index contributed by atoms with van der Waals surface area (Å²) in [7, 11) is -6.15. The summed E-state index contributed by atoms with van der Waals surface area (Å²) in [4.78, 5) is 0. The summed E-state index contributed by atoms with van der Waals surface area (Å²) in [5, 5.41) is -5.92. The van der Waals surface area contributed by atoms with E-state index in [1.807, 2.05) is 0 Å². The van der Waals surface area contributed by atoms with E-state index in [-0.39, 0.29) is 12.3 Å². The van der Waals surface area contributed by atoms with Crippen molar-refractivity contribution >= 4 is 16.9 Å². The molecule has 0 saturated heterocycles. The van der Waals surface area contributed by atoms with E-state index in [2.05, 4.69) is 13.8 Å². The van der Waals surface area contributed by atoms with Crippen molar-refractivity contribution in [2.45, 2.75) is 128 Å². The van der Waals surface area contributed by atoms with Crippen molar-refractivity contribution < 1.29 is 34.3 Å². The number of halogens is 5. The van der Waals surface area contributed by atoms with E-state index in [0.717, 1.165) is 77.0 Å². The van der Waals surface area contributed by atoms with Crippen molar-refractivity contribution in [3.8, 4) is 0 Å². The quantitative estimate of drug-likeness (QED) is 0.0824.